The molecule has 4 saturated carbocycles. The molecule has 4 fully saturated rings. The van der Waals surface area contributed by atoms with Gasteiger partial charge >= 0.3 is 0 Å². The van der Waals surface area contributed by atoms with Crippen molar-refractivity contribution in [3.8, 4) is 0 Å². The normalized spacial score (nSPS) is 35.7. The summed E-state index contributed by atoms with van der Waals surface area (Å²) in [6.45, 7) is 2.61. The summed E-state index contributed by atoms with van der Waals surface area (Å²) in [6.07, 6.45) is 7.34. The molecule has 0 saturated heterocycles. The van der Waals surface area contributed by atoms with Crippen molar-refractivity contribution in [1.82, 2.24) is 4.57 Å². The monoisotopic (exact) mass is 567 g/mol. The molecular formula is C23H23I2N. The third-order valence-corrected chi connectivity index (χ3v) is 8.96. The lowest BCUT2D eigenvalue weighted by Crippen LogP contribution is -2.51. The zero-order valence-electron chi connectivity index (χ0n) is 15.0. The first-order chi connectivity index (χ1) is 12.5. The number of benzene rings is 2. The Bertz CT molecular complexity index is 976. The molecule has 1 heterocycles. The fraction of sp³-hybridized carbons (Fsp3) is 0.478. The highest BCUT2D eigenvalue weighted by atomic mass is 127. The third-order valence-electron chi connectivity index (χ3n) is 7.61. The average molecular weight is 567 g/mol. The molecular weight excluding hydrogens is 544 g/mol. The highest BCUT2D eigenvalue weighted by Gasteiger charge is 2.55. The first kappa shape index (κ1) is 16.6. The predicted molar refractivity (Wildman–Crippen MR) is 126 cm³/mol. The molecule has 0 N–H and O–H groups in total. The standard InChI is InChI=1S/C23H23I2N/c1-23-11-13-6-14(12-23)8-15(7-13)22(23)26-20-4-2-16(24)9-18(20)19-10-17(25)3-5-21(19)26/h2-5,9-10,13-15,22H,6-8,11-12H2,1H3. The molecule has 26 heavy (non-hydrogen) atoms. The van der Waals surface area contributed by atoms with Crippen LogP contribution in [0.2, 0.25) is 0 Å². The van der Waals surface area contributed by atoms with Crippen LogP contribution < -0.4 is 0 Å². The number of aromatic nitrogens is 1. The average Bonchev–Trinajstić information content (AvgIpc) is 2.86. The van der Waals surface area contributed by atoms with E-state index in [4.69, 9.17) is 0 Å². The Hall–Kier alpha value is -0.300. The van der Waals surface area contributed by atoms with Gasteiger partial charge in [0.15, 0.2) is 0 Å². The summed E-state index contributed by atoms with van der Waals surface area (Å²) in [7, 11) is 0. The van der Waals surface area contributed by atoms with Crippen LogP contribution in [0.15, 0.2) is 36.4 Å². The lowest BCUT2D eigenvalue weighted by Gasteiger charge is -2.60. The predicted octanol–water partition coefficient (Wildman–Crippen LogP) is 7.39. The second kappa shape index (κ2) is 5.62. The fourth-order valence-corrected chi connectivity index (χ4v) is 8.22. The fourth-order valence-electron chi connectivity index (χ4n) is 7.24. The maximum absolute atomic E-state index is 2.78. The number of hydrogen-bond donors (Lipinski definition) is 0. The lowest BCUT2D eigenvalue weighted by molar-refractivity contribution is -0.0872. The van der Waals surface area contributed by atoms with Crippen LogP contribution in [0.3, 0.4) is 0 Å². The van der Waals surface area contributed by atoms with Gasteiger partial charge in [0.1, 0.15) is 0 Å². The molecule has 3 unspecified atom stereocenters. The number of nitrogens with zero attached hydrogens (tertiary/aromatic N) is 1. The van der Waals surface area contributed by atoms with Gasteiger partial charge in [-0.15, -0.1) is 0 Å². The zero-order chi connectivity index (χ0) is 17.6. The molecule has 4 aliphatic carbocycles. The van der Waals surface area contributed by atoms with Crippen molar-refractivity contribution < 1.29 is 0 Å². The van der Waals surface area contributed by atoms with Gasteiger partial charge in [0.2, 0.25) is 0 Å². The van der Waals surface area contributed by atoms with Gasteiger partial charge < -0.3 is 4.57 Å². The van der Waals surface area contributed by atoms with Gasteiger partial charge in [0, 0.05) is 35.0 Å². The van der Waals surface area contributed by atoms with Crippen LogP contribution >= 0.6 is 45.2 Å². The van der Waals surface area contributed by atoms with Crippen molar-refractivity contribution in [3.63, 3.8) is 0 Å². The van der Waals surface area contributed by atoms with E-state index in [-0.39, 0.29) is 0 Å². The number of halogens is 2. The minimum absolute atomic E-state index is 0.486. The summed E-state index contributed by atoms with van der Waals surface area (Å²) >= 11 is 4.92. The van der Waals surface area contributed by atoms with Crippen molar-refractivity contribution in [3.05, 3.63) is 43.5 Å². The topological polar surface area (TPSA) is 4.93 Å². The SMILES string of the molecule is CC12CC3CC(CC(C3)C1n1c3ccc(I)cc3c3cc(I)ccc31)C2. The second-order valence-electron chi connectivity index (χ2n) is 9.40. The van der Waals surface area contributed by atoms with Crippen LogP contribution in [0.25, 0.3) is 21.8 Å². The Morgan fingerprint density at radius 2 is 1.38 bits per heavy atom. The van der Waals surface area contributed by atoms with E-state index in [0.717, 1.165) is 17.8 Å². The van der Waals surface area contributed by atoms with E-state index in [2.05, 4.69) is 93.1 Å². The molecule has 134 valence electrons. The molecule has 7 rings (SSSR count). The number of hydrogen-bond acceptors (Lipinski definition) is 0. The Kier molecular flexibility index (Phi) is 3.59. The molecule has 3 aromatic rings. The first-order valence-corrected chi connectivity index (χ1v) is 12.1. The molecule has 0 aliphatic heterocycles. The van der Waals surface area contributed by atoms with E-state index in [0.29, 0.717) is 11.5 Å². The van der Waals surface area contributed by atoms with Crippen LogP contribution in [0.4, 0.5) is 0 Å². The quantitative estimate of drug-likeness (QED) is 0.271. The summed E-state index contributed by atoms with van der Waals surface area (Å²) in [5.74, 6) is 2.89. The van der Waals surface area contributed by atoms with Crippen molar-refractivity contribution >= 4 is 67.0 Å². The molecule has 0 radical (unpaired) electrons. The van der Waals surface area contributed by atoms with E-state index in [9.17, 15) is 0 Å². The summed E-state index contributed by atoms with van der Waals surface area (Å²) in [6, 6.07) is 14.8. The number of fused-ring (bicyclic) bond motifs is 3. The molecule has 0 amide bonds. The van der Waals surface area contributed by atoms with Crippen molar-refractivity contribution in [2.75, 3.05) is 0 Å². The van der Waals surface area contributed by atoms with Gasteiger partial charge in [-0.3, -0.25) is 0 Å². The van der Waals surface area contributed by atoms with Crippen LogP contribution in [0.5, 0.6) is 0 Å². The van der Waals surface area contributed by atoms with Gasteiger partial charge in [-0.25, -0.2) is 0 Å². The maximum atomic E-state index is 2.78. The van der Waals surface area contributed by atoms with Gasteiger partial charge in [-0.2, -0.15) is 0 Å². The highest BCUT2D eigenvalue weighted by Crippen LogP contribution is 2.65. The first-order valence-electron chi connectivity index (χ1n) is 9.90. The van der Waals surface area contributed by atoms with E-state index < -0.39 is 0 Å². The minimum Gasteiger partial charge on any atom is -0.337 e. The van der Waals surface area contributed by atoms with Crippen LogP contribution in [-0.2, 0) is 0 Å². The van der Waals surface area contributed by atoms with Crippen molar-refractivity contribution in [1.29, 1.82) is 0 Å². The zero-order valence-corrected chi connectivity index (χ0v) is 19.3. The van der Waals surface area contributed by atoms with Gasteiger partial charge in [0.05, 0.1) is 0 Å². The van der Waals surface area contributed by atoms with E-state index in [1.807, 2.05) is 0 Å². The molecule has 4 aliphatic rings. The van der Waals surface area contributed by atoms with Crippen LogP contribution in [-0.4, -0.2) is 4.57 Å². The lowest BCUT2D eigenvalue weighted by atomic mass is 9.48. The largest absolute Gasteiger partial charge is 0.337 e. The molecule has 2 aromatic carbocycles. The van der Waals surface area contributed by atoms with E-state index in [1.54, 1.807) is 0 Å². The van der Waals surface area contributed by atoms with Gasteiger partial charge in [-0.1, -0.05) is 6.92 Å². The Labute approximate surface area is 182 Å². The minimum atomic E-state index is 0.486. The Balaban J connectivity index is 1.66. The molecule has 0 spiro atoms. The van der Waals surface area contributed by atoms with Gasteiger partial charge in [0.25, 0.3) is 0 Å². The van der Waals surface area contributed by atoms with Crippen LogP contribution in [0.1, 0.15) is 45.1 Å². The molecule has 1 aromatic heterocycles. The molecule has 3 atom stereocenters. The van der Waals surface area contributed by atoms with E-state index >= 15 is 0 Å². The summed E-state index contributed by atoms with van der Waals surface area (Å²) in [5, 5.41) is 2.89. The number of rotatable bonds is 1. The van der Waals surface area contributed by atoms with Crippen LogP contribution in [0, 0.1) is 30.3 Å². The Morgan fingerprint density at radius 3 is 1.88 bits per heavy atom. The molecule has 1 nitrogen and oxygen atoms in total. The summed E-state index contributed by atoms with van der Waals surface area (Å²) in [5.41, 5.74) is 3.40. The Morgan fingerprint density at radius 1 is 0.846 bits per heavy atom. The molecule has 4 bridgehead atoms. The van der Waals surface area contributed by atoms with Crippen molar-refractivity contribution in [2.45, 2.75) is 45.1 Å². The second-order valence-corrected chi connectivity index (χ2v) is 11.9. The summed E-state index contributed by atoms with van der Waals surface area (Å²) in [4.78, 5) is 0. The van der Waals surface area contributed by atoms with Gasteiger partial charge in [-0.05, 0) is 137 Å². The van der Waals surface area contributed by atoms with E-state index in [1.165, 1.54) is 61.1 Å². The molecule has 3 heteroatoms. The summed E-state index contributed by atoms with van der Waals surface area (Å²) < 4.78 is 5.45. The maximum Gasteiger partial charge on any atom is 0.0495 e. The third kappa shape index (κ3) is 2.25. The highest BCUT2D eigenvalue weighted by molar-refractivity contribution is 14.1. The van der Waals surface area contributed by atoms with Crippen molar-refractivity contribution in [2.24, 2.45) is 23.2 Å². The smallest absolute Gasteiger partial charge is 0.0495 e.